The van der Waals surface area contributed by atoms with Gasteiger partial charge in [0.25, 0.3) is 0 Å². The molecule has 0 fully saturated rings. The molecule has 1 aliphatic rings. The summed E-state index contributed by atoms with van der Waals surface area (Å²) in [4.78, 5) is 65.6. The van der Waals surface area contributed by atoms with Gasteiger partial charge in [-0.3, -0.25) is 14.4 Å². The first-order chi connectivity index (χ1) is 20.5. The number of likely N-dealkylation sites (N-methyl/N-ethyl adjacent to an activating group) is 2. The van der Waals surface area contributed by atoms with Crippen molar-refractivity contribution < 1.29 is 33.8 Å². The molecule has 3 rings (SSSR count). The number of benzene rings is 2. The highest BCUT2D eigenvalue weighted by atomic mass is 16.5. The Bertz CT molecular complexity index is 1320. The van der Waals surface area contributed by atoms with Crippen molar-refractivity contribution in [3.63, 3.8) is 0 Å². The number of fused-ring (bicyclic) bond motifs is 3. The van der Waals surface area contributed by atoms with E-state index >= 15 is 0 Å². The maximum Gasteiger partial charge on any atom is 0.407 e. The average molecular weight is 593 g/mol. The van der Waals surface area contributed by atoms with E-state index in [-0.39, 0.29) is 24.9 Å². The van der Waals surface area contributed by atoms with Gasteiger partial charge in [0, 0.05) is 25.3 Å². The number of carbonyl (C=O) groups is 5. The number of nitrogens with zero attached hydrogens (tertiary/aromatic N) is 1. The van der Waals surface area contributed by atoms with Gasteiger partial charge >= 0.3 is 12.1 Å². The zero-order valence-corrected chi connectivity index (χ0v) is 25.0. The predicted octanol–water partition coefficient (Wildman–Crippen LogP) is 2.50. The molecule has 43 heavy (non-hydrogen) atoms. The van der Waals surface area contributed by atoms with Gasteiger partial charge in [-0.05, 0) is 50.2 Å². The van der Waals surface area contributed by atoms with Crippen molar-refractivity contribution >= 4 is 29.5 Å². The van der Waals surface area contributed by atoms with Gasteiger partial charge in [-0.1, -0.05) is 54.6 Å². The number of hydrogen-bond donors (Lipinski definition) is 4. The fraction of sp³-hybridized carbons (Fsp3) is 0.406. The average Bonchev–Trinajstić information content (AvgIpc) is 3.33. The molecule has 2 unspecified atom stereocenters. The molecule has 0 radical (unpaired) electrons. The van der Waals surface area contributed by atoms with Crippen LogP contribution >= 0.6 is 0 Å². The molecule has 11 nitrogen and oxygen atoms in total. The summed E-state index contributed by atoms with van der Waals surface area (Å²) in [5.74, 6) is -3.28. The maximum atomic E-state index is 13.8. The summed E-state index contributed by atoms with van der Waals surface area (Å²) >= 11 is 0. The number of carboxylic acid groups (broad SMARTS) is 1. The molecule has 4 N–H and O–H groups in total. The first-order valence-corrected chi connectivity index (χ1v) is 14.2. The van der Waals surface area contributed by atoms with Crippen molar-refractivity contribution in [3.05, 3.63) is 72.3 Å². The molecule has 2 aromatic carbocycles. The number of nitrogens with one attached hydrogen (secondary N) is 3. The molecule has 4 atom stereocenters. The topological polar surface area (TPSA) is 154 Å². The normalized spacial score (nSPS) is 14.8. The molecule has 0 saturated heterocycles. The molecule has 11 heteroatoms. The Balaban J connectivity index is 1.83. The van der Waals surface area contributed by atoms with Crippen LogP contribution in [0.25, 0.3) is 11.1 Å². The molecule has 2 amide bonds. The Morgan fingerprint density at radius 1 is 0.907 bits per heavy atom. The molecular formula is C32H40N4O7. The van der Waals surface area contributed by atoms with Crippen LogP contribution in [-0.2, 0) is 23.9 Å². The minimum absolute atomic E-state index is 0.0217. The number of carboxylic acids is 1. The SMILES string of the molecule is C=CCN(C(=O)C(CC(=O)[C@H](C)NC)NC(=O)OCC1c2ccccc2-c2ccccc21)C(CC(=O)[C@H](C)NC)C(=O)O. The van der Waals surface area contributed by atoms with Gasteiger partial charge in [-0.2, -0.15) is 0 Å². The zero-order chi connectivity index (χ0) is 31.7. The third kappa shape index (κ3) is 7.94. The summed E-state index contributed by atoms with van der Waals surface area (Å²) in [5.41, 5.74) is 4.11. The number of hydrogen-bond acceptors (Lipinski definition) is 8. The van der Waals surface area contributed by atoms with Crippen LogP contribution in [0.1, 0.15) is 43.7 Å². The summed E-state index contributed by atoms with van der Waals surface area (Å²) in [7, 11) is 3.14. The summed E-state index contributed by atoms with van der Waals surface area (Å²) < 4.78 is 5.60. The van der Waals surface area contributed by atoms with Crippen LogP contribution in [0.3, 0.4) is 0 Å². The number of ether oxygens (including phenoxy) is 1. The van der Waals surface area contributed by atoms with E-state index < -0.39 is 60.8 Å². The number of alkyl carbamates (subject to hydrolysis) is 1. The molecule has 0 heterocycles. The van der Waals surface area contributed by atoms with Crippen molar-refractivity contribution in [3.8, 4) is 11.1 Å². The van der Waals surface area contributed by atoms with Gasteiger partial charge in [-0.25, -0.2) is 9.59 Å². The van der Waals surface area contributed by atoms with E-state index in [0.29, 0.717) is 0 Å². The second-order valence-corrected chi connectivity index (χ2v) is 10.5. The van der Waals surface area contributed by atoms with Gasteiger partial charge in [0.1, 0.15) is 18.7 Å². The zero-order valence-electron chi connectivity index (χ0n) is 25.0. The number of Topliss-reactive ketones (excluding diaryl/α,β-unsaturated/α-hetero) is 2. The highest BCUT2D eigenvalue weighted by Crippen LogP contribution is 2.44. The molecule has 1 aliphatic carbocycles. The van der Waals surface area contributed by atoms with Gasteiger partial charge in [0.2, 0.25) is 5.91 Å². The molecule has 0 bridgehead atoms. The van der Waals surface area contributed by atoms with E-state index in [1.165, 1.54) is 6.08 Å². The monoisotopic (exact) mass is 592 g/mol. The van der Waals surface area contributed by atoms with Gasteiger partial charge in [0.05, 0.1) is 12.1 Å². The van der Waals surface area contributed by atoms with Crippen LogP contribution in [-0.4, -0.2) is 91.0 Å². The predicted molar refractivity (Wildman–Crippen MR) is 162 cm³/mol. The van der Waals surface area contributed by atoms with Gasteiger partial charge in [-0.15, -0.1) is 6.58 Å². The standard InChI is InChI=1S/C32H40N4O7/c1-6-15-36(27(31(40)41)17-29(38)20(3)34-5)30(39)26(16-28(37)19(2)33-4)35-32(42)43-18-25-23-13-9-7-11-21(23)22-12-8-10-14-24(22)25/h6-14,19-20,25-27,33-34H,1,15-18H2,2-5H3,(H,35,42)(H,40,41)/t19-,20-,26?,27?/m0/s1. The highest BCUT2D eigenvalue weighted by Gasteiger charge is 2.38. The third-order valence-corrected chi connectivity index (χ3v) is 7.84. The van der Waals surface area contributed by atoms with Gasteiger partial charge in [0.15, 0.2) is 11.6 Å². The Labute approximate surface area is 251 Å². The van der Waals surface area contributed by atoms with Gasteiger partial charge < -0.3 is 30.7 Å². The number of carbonyl (C=O) groups excluding carboxylic acids is 4. The van der Waals surface area contributed by atoms with Crippen LogP contribution in [0, 0.1) is 0 Å². The van der Waals surface area contributed by atoms with Crippen LogP contribution in [0.5, 0.6) is 0 Å². The Morgan fingerprint density at radius 3 is 1.91 bits per heavy atom. The van der Waals surface area contributed by atoms with E-state index in [2.05, 4.69) is 22.5 Å². The van der Waals surface area contributed by atoms with Crippen molar-refractivity contribution in [2.24, 2.45) is 0 Å². The van der Waals surface area contributed by atoms with Crippen molar-refractivity contribution in [1.29, 1.82) is 0 Å². The van der Waals surface area contributed by atoms with E-state index in [1.54, 1.807) is 27.9 Å². The molecule has 230 valence electrons. The molecule has 0 aromatic heterocycles. The van der Waals surface area contributed by atoms with E-state index in [9.17, 15) is 29.1 Å². The second kappa shape index (κ2) is 15.2. The summed E-state index contributed by atoms with van der Waals surface area (Å²) in [6.45, 7) is 6.56. The molecule has 0 spiro atoms. The van der Waals surface area contributed by atoms with Crippen molar-refractivity contribution in [2.45, 2.75) is 56.8 Å². The van der Waals surface area contributed by atoms with Crippen LogP contribution in [0.2, 0.25) is 0 Å². The largest absolute Gasteiger partial charge is 0.480 e. The summed E-state index contributed by atoms with van der Waals surface area (Å²) in [5, 5.41) is 18.0. The lowest BCUT2D eigenvalue weighted by Gasteiger charge is -2.32. The summed E-state index contributed by atoms with van der Waals surface area (Å²) in [6.07, 6.45) is -0.515. The fourth-order valence-electron chi connectivity index (χ4n) is 5.09. The summed E-state index contributed by atoms with van der Waals surface area (Å²) in [6, 6.07) is 11.4. The number of rotatable bonds is 16. The van der Waals surface area contributed by atoms with Crippen molar-refractivity contribution in [1.82, 2.24) is 20.9 Å². The lowest BCUT2D eigenvalue weighted by molar-refractivity contribution is -0.152. The minimum atomic E-state index is -1.54. The molecular weight excluding hydrogens is 552 g/mol. The Hall–Kier alpha value is -4.35. The van der Waals surface area contributed by atoms with Crippen LogP contribution in [0.15, 0.2) is 61.2 Å². The second-order valence-electron chi connectivity index (χ2n) is 10.5. The van der Waals surface area contributed by atoms with Crippen LogP contribution < -0.4 is 16.0 Å². The third-order valence-electron chi connectivity index (χ3n) is 7.84. The smallest absolute Gasteiger partial charge is 0.407 e. The first-order valence-electron chi connectivity index (χ1n) is 14.2. The van der Waals surface area contributed by atoms with E-state index in [4.69, 9.17) is 4.74 Å². The maximum absolute atomic E-state index is 13.8. The molecule has 2 aromatic rings. The van der Waals surface area contributed by atoms with E-state index in [0.717, 1.165) is 27.2 Å². The number of amides is 2. The lowest BCUT2D eigenvalue weighted by Crippen LogP contribution is -2.56. The van der Waals surface area contributed by atoms with E-state index in [1.807, 2.05) is 48.5 Å². The van der Waals surface area contributed by atoms with Crippen LogP contribution in [0.4, 0.5) is 4.79 Å². The number of ketones is 2. The minimum Gasteiger partial charge on any atom is -0.480 e. The lowest BCUT2D eigenvalue weighted by atomic mass is 9.98. The fourth-order valence-corrected chi connectivity index (χ4v) is 5.09. The Kier molecular flexibility index (Phi) is 11.7. The first kappa shape index (κ1) is 33.2. The number of aliphatic carboxylic acids is 1. The van der Waals surface area contributed by atoms with Crippen molar-refractivity contribution in [2.75, 3.05) is 27.2 Å². The molecule has 0 saturated carbocycles. The quantitative estimate of drug-likeness (QED) is 0.215. The highest BCUT2D eigenvalue weighted by molar-refractivity contribution is 5.96. The molecule has 0 aliphatic heterocycles. The Morgan fingerprint density at radius 2 is 1.42 bits per heavy atom.